The molecule has 2 atom stereocenters. The van der Waals surface area contributed by atoms with Gasteiger partial charge in [-0.25, -0.2) is 0 Å². The van der Waals surface area contributed by atoms with E-state index < -0.39 is 24.0 Å². The Morgan fingerprint density at radius 1 is 1.00 bits per heavy atom. The molecule has 0 bridgehead atoms. The Balaban J connectivity index is 0.000000260. The molecular weight excluding hydrogens is 490 g/mol. The summed E-state index contributed by atoms with van der Waals surface area (Å²) in [6, 6.07) is 17.8. The minimum absolute atomic E-state index is 0.0369. The summed E-state index contributed by atoms with van der Waals surface area (Å²) in [4.78, 5) is 36.5. The number of fused-ring (bicyclic) bond motifs is 1. The monoisotopic (exact) mass is 521 g/mol. The number of primary amides is 1. The Hall–Kier alpha value is -4.57. The van der Waals surface area contributed by atoms with Crippen molar-refractivity contribution in [1.29, 1.82) is 0 Å². The molecule has 2 unspecified atom stereocenters. The molecule has 1 heterocycles. The fourth-order valence-corrected chi connectivity index (χ4v) is 4.16. The molecule has 10 nitrogen and oxygen atoms in total. The molecule has 0 aliphatic carbocycles. The number of carbonyl (C=O) groups excluding carboxylic acids is 2. The van der Waals surface area contributed by atoms with Gasteiger partial charge in [-0.1, -0.05) is 36.4 Å². The van der Waals surface area contributed by atoms with Crippen molar-refractivity contribution in [2.75, 3.05) is 14.2 Å². The van der Waals surface area contributed by atoms with Crippen molar-refractivity contribution in [3.8, 4) is 17.2 Å². The summed E-state index contributed by atoms with van der Waals surface area (Å²) in [5.74, 6) is -0.306. The van der Waals surface area contributed by atoms with Crippen LogP contribution in [0.5, 0.6) is 17.2 Å². The van der Waals surface area contributed by atoms with E-state index in [0.717, 1.165) is 16.7 Å². The van der Waals surface area contributed by atoms with Crippen LogP contribution in [0.3, 0.4) is 0 Å². The second-order valence-electron chi connectivity index (χ2n) is 8.71. The van der Waals surface area contributed by atoms with E-state index in [1.807, 2.05) is 24.3 Å². The van der Waals surface area contributed by atoms with Gasteiger partial charge in [-0.15, -0.1) is 0 Å². The van der Waals surface area contributed by atoms with Crippen molar-refractivity contribution in [1.82, 2.24) is 4.90 Å². The standard InChI is InChI=1S/C19H20N2O4.C9H11NO3/c1-24-16-8-7-12(9-17(16)25-2)15(10-18(20)22)21-11-13-5-3-4-6-14(13)19(21)23;10-8(9(12)13)5-6-1-3-7(11)4-2-6/h3-9,15H,10-11H2,1-2H3,(H2,20,22);1-4,8,11H,5,10H2,(H,12,13). The minimum Gasteiger partial charge on any atom is -0.508 e. The van der Waals surface area contributed by atoms with Gasteiger partial charge in [0.25, 0.3) is 5.91 Å². The first-order valence-corrected chi connectivity index (χ1v) is 11.8. The first kappa shape index (κ1) is 28.0. The van der Waals surface area contributed by atoms with E-state index in [-0.39, 0.29) is 24.5 Å². The molecular formula is C28H31N3O7. The average molecular weight is 522 g/mol. The number of phenols is 1. The van der Waals surface area contributed by atoms with Gasteiger partial charge in [0.1, 0.15) is 11.8 Å². The summed E-state index contributed by atoms with van der Waals surface area (Å²) in [7, 11) is 3.10. The third-order valence-corrected chi connectivity index (χ3v) is 6.12. The van der Waals surface area contributed by atoms with Gasteiger partial charge in [-0.05, 0) is 53.4 Å². The van der Waals surface area contributed by atoms with Crippen LogP contribution in [0, 0.1) is 0 Å². The molecule has 0 saturated carbocycles. The van der Waals surface area contributed by atoms with Crippen molar-refractivity contribution in [3.05, 3.63) is 89.0 Å². The number of amides is 2. The maximum atomic E-state index is 12.8. The normalized spacial score (nSPS) is 13.6. The summed E-state index contributed by atoms with van der Waals surface area (Å²) in [5, 5.41) is 17.5. The van der Waals surface area contributed by atoms with Crippen LogP contribution in [0.4, 0.5) is 0 Å². The van der Waals surface area contributed by atoms with E-state index in [4.69, 9.17) is 31.2 Å². The zero-order chi connectivity index (χ0) is 27.8. The number of aliphatic carboxylic acids is 1. The number of hydrogen-bond acceptors (Lipinski definition) is 7. The van der Waals surface area contributed by atoms with Gasteiger partial charge in [0.2, 0.25) is 5.91 Å². The first-order chi connectivity index (χ1) is 18.1. The van der Waals surface area contributed by atoms with Crippen molar-refractivity contribution in [2.45, 2.75) is 31.5 Å². The van der Waals surface area contributed by atoms with Crippen LogP contribution in [0.25, 0.3) is 0 Å². The highest BCUT2D eigenvalue weighted by Crippen LogP contribution is 2.37. The quantitative estimate of drug-likeness (QED) is 0.334. The Morgan fingerprint density at radius 2 is 1.66 bits per heavy atom. The summed E-state index contributed by atoms with van der Waals surface area (Å²) < 4.78 is 10.6. The molecule has 38 heavy (non-hydrogen) atoms. The minimum atomic E-state index is -1.02. The zero-order valence-corrected chi connectivity index (χ0v) is 21.2. The van der Waals surface area contributed by atoms with Gasteiger partial charge in [-0.3, -0.25) is 14.4 Å². The Morgan fingerprint density at radius 3 is 2.24 bits per heavy atom. The molecule has 0 aromatic heterocycles. The summed E-state index contributed by atoms with van der Waals surface area (Å²) >= 11 is 0. The number of phenolic OH excluding ortho intramolecular Hbond substituents is 1. The van der Waals surface area contributed by atoms with Crippen LogP contribution >= 0.6 is 0 Å². The summed E-state index contributed by atoms with van der Waals surface area (Å²) in [5.41, 5.74) is 14.0. The lowest BCUT2D eigenvalue weighted by Crippen LogP contribution is -2.32. The Labute approximate surface area is 220 Å². The molecule has 3 aromatic rings. The lowest BCUT2D eigenvalue weighted by molar-refractivity contribution is -0.138. The van der Waals surface area contributed by atoms with Crippen molar-refractivity contribution < 1.29 is 34.1 Å². The predicted molar refractivity (Wildman–Crippen MR) is 140 cm³/mol. The molecule has 6 N–H and O–H groups in total. The SMILES string of the molecule is COc1ccc(C(CC(N)=O)N2Cc3ccccc3C2=O)cc1OC.NC(Cc1ccc(O)cc1)C(=O)O. The number of ether oxygens (including phenoxy) is 2. The van der Waals surface area contributed by atoms with Gasteiger partial charge < -0.3 is 36.1 Å². The number of rotatable bonds is 9. The Bertz CT molecular complexity index is 1290. The predicted octanol–water partition coefficient (Wildman–Crippen LogP) is 2.62. The van der Waals surface area contributed by atoms with Crippen molar-refractivity contribution >= 4 is 17.8 Å². The van der Waals surface area contributed by atoms with Crippen molar-refractivity contribution in [3.63, 3.8) is 0 Å². The number of carboxylic acids is 1. The van der Waals surface area contributed by atoms with Crippen LogP contribution in [0.15, 0.2) is 66.7 Å². The molecule has 200 valence electrons. The number of methoxy groups -OCH3 is 2. The first-order valence-electron chi connectivity index (χ1n) is 11.8. The number of nitrogens with zero attached hydrogens (tertiary/aromatic N) is 1. The molecule has 0 radical (unpaired) electrons. The molecule has 2 amide bonds. The zero-order valence-electron chi connectivity index (χ0n) is 21.2. The van der Waals surface area contributed by atoms with E-state index in [1.54, 1.807) is 49.5 Å². The van der Waals surface area contributed by atoms with Gasteiger partial charge in [0.15, 0.2) is 11.5 Å². The lowest BCUT2D eigenvalue weighted by Gasteiger charge is -2.28. The molecule has 1 aliphatic heterocycles. The molecule has 0 saturated heterocycles. The number of benzene rings is 3. The van der Waals surface area contributed by atoms with Crippen LogP contribution in [0.2, 0.25) is 0 Å². The highest BCUT2D eigenvalue weighted by atomic mass is 16.5. The molecule has 1 aliphatic rings. The highest BCUT2D eigenvalue weighted by molar-refractivity contribution is 5.98. The number of carboxylic acid groups (broad SMARTS) is 1. The Kier molecular flexibility index (Phi) is 9.28. The maximum absolute atomic E-state index is 12.8. The fraction of sp³-hybridized carbons (Fsp3) is 0.250. The second-order valence-corrected chi connectivity index (χ2v) is 8.71. The van der Waals surface area contributed by atoms with E-state index in [1.165, 1.54) is 12.1 Å². The maximum Gasteiger partial charge on any atom is 0.320 e. The van der Waals surface area contributed by atoms with Crippen LogP contribution in [0.1, 0.15) is 39.5 Å². The molecule has 0 fully saturated rings. The topological polar surface area (TPSA) is 165 Å². The molecule has 4 rings (SSSR count). The summed E-state index contributed by atoms with van der Waals surface area (Å²) in [6.45, 7) is 0.446. The van der Waals surface area contributed by atoms with E-state index >= 15 is 0 Å². The molecule has 0 spiro atoms. The number of hydrogen-bond donors (Lipinski definition) is 4. The number of carbonyl (C=O) groups is 3. The lowest BCUT2D eigenvalue weighted by atomic mass is 10.0. The van der Waals surface area contributed by atoms with Gasteiger partial charge in [0, 0.05) is 12.1 Å². The van der Waals surface area contributed by atoms with Crippen LogP contribution < -0.4 is 20.9 Å². The third-order valence-electron chi connectivity index (χ3n) is 6.12. The smallest absolute Gasteiger partial charge is 0.320 e. The third kappa shape index (κ3) is 6.80. The van der Waals surface area contributed by atoms with Crippen LogP contribution in [-0.4, -0.2) is 53.2 Å². The van der Waals surface area contributed by atoms with Crippen LogP contribution in [-0.2, 0) is 22.6 Å². The van der Waals surface area contributed by atoms with E-state index in [9.17, 15) is 14.4 Å². The average Bonchev–Trinajstić information content (AvgIpc) is 3.24. The molecule has 10 heteroatoms. The highest BCUT2D eigenvalue weighted by Gasteiger charge is 2.34. The van der Waals surface area contributed by atoms with Crippen molar-refractivity contribution in [2.24, 2.45) is 11.5 Å². The molecule has 3 aromatic carbocycles. The van der Waals surface area contributed by atoms with Gasteiger partial charge in [0.05, 0.1) is 26.7 Å². The summed E-state index contributed by atoms with van der Waals surface area (Å²) in [6.07, 6.45) is 0.310. The van der Waals surface area contributed by atoms with E-state index in [2.05, 4.69) is 0 Å². The van der Waals surface area contributed by atoms with Gasteiger partial charge >= 0.3 is 5.97 Å². The second kappa shape index (κ2) is 12.6. The van der Waals surface area contributed by atoms with Gasteiger partial charge in [-0.2, -0.15) is 0 Å². The number of nitrogens with two attached hydrogens (primary N) is 2. The van der Waals surface area contributed by atoms with E-state index in [0.29, 0.717) is 23.6 Å². The largest absolute Gasteiger partial charge is 0.508 e. The fourth-order valence-electron chi connectivity index (χ4n) is 4.16. The number of aromatic hydroxyl groups is 1.